The van der Waals surface area contributed by atoms with Crippen LogP contribution in [0.5, 0.6) is 0 Å². The fourth-order valence-corrected chi connectivity index (χ4v) is 2.43. The zero-order chi connectivity index (χ0) is 11.9. The number of nitrogens with one attached hydrogen (secondary N) is 1. The van der Waals surface area contributed by atoms with E-state index in [9.17, 15) is 0 Å². The van der Waals surface area contributed by atoms with Gasteiger partial charge < -0.3 is 9.73 Å². The molecule has 90 valence electrons. The van der Waals surface area contributed by atoms with E-state index >= 15 is 0 Å². The van der Waals surface area contributed by atoms with Crippen molar-refractivity contribution in [3.63, 3.8) is 0 Å². The molecular weight excluding hydrogens is 198 g/mol. The normalized spacial score (nSPS) is 24.4. The van der Waals surface area contributed by atoms with Crippen LogP contribution < -0.4 is 5.32 Å². The van der Waals surface area contributed by atoms with Crippen LogP contribution in [0.2, 0.25) is 0 Å². The molecule has 0 spiro atoms. The predicted molar refractivity (Wildman–Crippen MR) is 66.5 cm³/mol. The molecule has 1 saturated carbocycles. The highest BCUT2D eigenvalue weighted by atomic mass is 16.3. The molecule has 1 aromatic heterocycles. The SMILES string of the molecule is Cc1cc(C(C)NCC2CC2(C)C)c(C)o1. The molecule has 2 nitrogen and oxygen atoms in total. The summed E-state index contributed by atoms with van der Waals surface area (Å²) in [5.74, 6) is 2.91. The van der Waals surface area contributed by atoms with E-state index in [1.807, 2.05) is 13.8 Å². The highest BCUT2D eigenvalue weighted by molar-refractivity contribution is 5.23. The van der Waals surface area contributed by atoms with Crippen LogP contribution in [0.3, 0.4) is 0 Å². The van der Waals surface area contributed by atoms with Gasteiger partial charge in [0.15, 0.2) is 0 Å². The Morgan fingerprint density at radius 1 is 1.50 bits per heavy atom. The maximum absolute atomic E-state index is 5.56. The van der Waals surface area contributed by atoms with Gasteiger partial charge in [0, 0.05) is 11.6 Å². The fraction of sp³-hybridized carbons (Fsp3) is 0.714. The third-order valence-corrected chi connectivity index (χ3v) is 3.93. The molecule has 0 aliphatic heterocycles. The molecule has 2 atom stereocenters. The fourth-order valence-electron chi connectivity index (χ4n) is 2.43. The second-order valence-electron chi connectivity index (χ2n) is 5.89. The first kappa shape index (κ1) is 11.7. The van der Waals surface area contributed by atoms with Crippen LogP contribution in [0.1, 0.15) is 50.3 Å². The smallest absolute Gasteiger partial charge is 0.105 e. The largest absolute Gasteiger partial charge is 0.466 e. The Labute approximate surface area is 98.4 Å². The minimum Gasteiger partial charge on any atom is -0.466 e. The van der Waals surface area contributed by atoms with Crippen molar-refractivity contribution in [1.29, 1.82) is 0 Å². The molecular formula is C14H23NO. The van der Waals surface area contributed by atoms with Crippen molar-refractivity contribution in [3.8, 4) is 0 Å². The van der Waals surface area contributed by atoms with Crippen molar-refractivity contribution in [2.24, 2.45) is 11.3 Å². The average molecular weight is 221 g/mol. The summed E-state index contributed by atoms with van der Waals surface area (Å²) in [6.45, 7) is 12.1. The predicted octanol–water partition coefficient (Wildman–Crippen LogP) is 3.59. The quantitative estimate of drug-likeness (QED) is 0.840. The first-order valence-corrected chi connectivity index (χ1v) is 6.20. The van der Waals surface area contributed by atoms with Crippen LogP contribution in [0.4, 0.5) is 0 Å². The number of furan rings is 1. The maximum Gasteiger partial charge on any atom is 0.105 e. The second kappa shape index (κ2) is 3.92. The van der Waals surface area contributed by atoms with Crippen molar-refractivity contribution < 1.29 is 4.42 Å². The minimum absolute atomic E-state index is 0.397. The molecule has 1 aromatic rings. The van der Waals surface area contributed by atoms with Gasteiger partial charge in [0.2, 0.25) is 0 Å². The number of hydrogen-bond acceptors (Lipinski definition) is 2. The van der Waals surface area contributed by atoms with Crippen LogP contribution in [0.15, 0.2) is 10.5 Å². The highest BCUT2D eigenvalue weighted by Crippen LogP contribution is 2.51. The summed E-state index contributed by atoms with van der Waals surface area (Å²) in [7, 11) is 0. The average Bonchev–Trinajstić information content (AvgIpc) is 2.63. The van der Waals surface area contributed by atoms with E-state index in [-0.39, 0.29) is 0 Å². The van der Waals surface area contributed by atoms with Crippen LogP contribution in [0.25, 0.3) is 0 Å². The molecule has 2 heteroatoms. The summed E-state index contributed by atoms with van der Waals surface area (Å²) < 4.78 is 5.56. The molecule has 0 bridgehead atoms. The molecule has 0 aromatic carbocycles. The maximum atomic E-state index is 5.56. The zero-order valence-electron chi connectivity index (χ0n) is 11.1. The lowest BCUT2D eigenvalue weighted by atomic mass is 10.1. The van der Waals surface area contributed by atoms with Gasteiger partial charge in [-0.05, 0) is 51.1 Å². The van der Waals surface area contributed by atoms with E-state index in [4.69, 9.17) is 4.42 Å². The van der Waals surface area contributed by atoms with Gasteiger partial charge in [0.05, 0.1) is 0 Å². The second-order valence-corrected chi connectivity index (χ2v) is 5.89. The standard InChI is InChI=1S/C14H23NO/c1-9-6-13(11(3)16-9)10(2)15-8-12-7-14(12,4)5/h6,10,12,15H,7-8H2,1-5H3. The van der Waals surface area contributed by atoms with E-state index in [1.165, 1.54) is 12.0 Å². The molecule has 16 heavy (non-hydrogen) atoms. The lowest BCUT2D eigenvalue weighted by molar-refractivity contribution is 0.469. The Morgan fingerprint density at radius 3 is 2.56 bits per heavy atom. The molecule has 2 unspecified atom stereocenters. The van der Waals surface area contributed by atoms with Crippen LogP contribution in [-0.2, 0) is 0 Å². The molecule has 0 radical (unpaired) electrons. The third kappa shape index (κ3) is 2.32. The van der Waals surface area contributed by atoms with Crippen molar-refractivity contribution in [1.82, 2.24) is 5.32 Å². The van der Waals surface area contributed by atoms with E-state index in [1.54, 1.807) is 0 Å². The lowest BCUT2D eigenvalue weighted by Crippen LogP contribution is -2.22. The van der Waals surface area contributed by atoms with E-state index in [0.717, 1.165) is 24.0 Å². The van der Waals surface area contributed by atoms with Gasteiger partial charge in [-0.25, -0.2) is 0 Å². The minimum atomic E-state index is 0.397. The number of aryl methyl sites for hydroxylation is 2. The summed E-state index contributed by atoms with van der Waals surface area (Å²) in [4.78, 5) is 0. The molecule has 0 saturated heterocycles. The third-order valence-electron chi connectivity index (χ3n) is 3.93. The number of rotatable bonds is 4. The van der Waals surface area contributed by atoms with Gasteiger partial charge >= 0.3 is 0 Å². The van der Waals surface area contributed by atoms with Gasteiger partial charge in [-0.1, -0.05) is 13.8 Å². The Balaban J connectivity index is 1.89. The summed E-state index contributed by atoms with van der Waals surface area (Å²) in [5, 5.41) is 3.61. The molecule has 1 N–H and O–H groups in total. The summed E-state index contributed by atoms with van der Waals surface area (Å²) >= 11 is 0. The van der Waals surface area contributed by atoms with Gasteiger partial charge in [0.25, 0.3) is 0 Å². The Morgan fingerprint density at radius 2 is 2.12 bits per heavy atom. The lowest BCUT2D eigenvalue weighted by Gasteiger charge is -2.13. The van der Waals surface area contributed by atoms with E-state index in [0.29, 0.717) is 11.5 Å². The first-order valence-electron chi connectivity index (χ1n) is 6.20. The van der Waals surface area contributed by atoms with Gasteiger partial charge in [-0.15, -0.1) is 0 Å². The molecule has 1 heterocycles. The number of hydrogen-bond donors (Lipinski definition) is 1. The monoisotopic (exact) mass is 221 g/mol. The van der Waals surface area contributed by atoms with Gasteiger partial charge in [0.1, 0.15) is 11.5 Å². The van der Waals surface area contributed by atoms with Crippen LogP contribution in [0, 0.1) is 25.2 Å². The molecule has 2 rings (SSSR count). The van der Waals surface area contributed by atoms with E-state index in [2.05, 4.69) is 32.2 Å². The molecule has 0 amide bonds. The van der Waals surface area contributed by atoms with Crippen LogP contribution in [-0.4, -0.2) is 6.54 Å². The topological polar surface area (TPSA) is 25.2 Å². The zero-order valence-corrected chi connectivity index (χ0v) is 11.1. The van der Waals surface area contributed by atoms with E-state index < -0.39 is 0 Å². The Bertz CT molecular complexity index is 378. The first-order chi connectivity index (χ1) is 7.40. The van der Waals surface area contributed by atoms with Crippen molar-refractivity contribution in [3.05, 3.63) is 23.2 Å². The Hall–Kier alpha value is -0.760. The van der Waals surface area contributed by atoms with Crippen molar-refractivity contribution >= 4 is 0 Å². The van der Waals surface area contributed by atoms with Gasteiger partial charge in [-0.3, -0.25) is 0 Å². The molecule has 1 aliphatic rings. The Kier molecular flexibility index (Phi) is 2.87. The molecule has 1 aliphatic carbocycles. The summed E-state index contributed by atoms with van der Waals surface area (Å²) in [5.41, 5.74) is 1.87. The van der Waals surface area contributed by atoms with Crippen molar-refractivity contribution in [2.75, 3.05) is 6.54 Å². The van der Waals surface area contributed by atoms with Crippen molar-refractivity contribution in [2.45, 2.75) is 47.1 Å². The van der Waals surface area contributed by atoms with Gasteiger partial charge in [-0.2, -0.15) is 0 Å². The molecule has 1 fully saturated rings. The summed E-state index contributed by atoms with van der Waals surface area (Å²) in [6.07, 6.45) is 1.36. The van der Waals surface area contributed by atoms with Crippen LogP contribution >= 0.6 is 0 Å². The summed E-state index contributed by atoms with van der Waals surface area (Å²) in [6, 6.07) is 2.54. The highest BCUT2D eigenvalue weighted by Gasteiger charge is 2.44.